The smallest absolute Gasteiger partial charge is 0.155 e. The van der Waals surface area contributed by atoms with Crippen molar-refractivity contribution in [2.24, 2.45) is 17.8 Å². The van der Waals surface area contributed by atoms with Crippen molar-refractivity contribution in [3.8, 4) is 0 Å². The van der Waals surface area contributed by atoms with Crippen LogP contribution in [-0.2, 0) is 7.05 Å². The van der Waals surface area contributed by atoms with Crippen molar-refractivity contribution in [1.29, 1.82) is 0 Å². The van der Waals surface area contributed by atoms with Gasteiger partial charge in [0.1, 0.15) is 11.5 Å². The highest BCUT2D eigenvalue weighted by molar-refractivity contribution is 6.02. The topological polar surface area (TPSA) is 97.8 Å². The first-order valence-corrected chi connectivity index (χ1v) is 6.80. The third-order valence-electron chi connectivity index (χ3n) is 3.59. The lowest BCUT2D eigenvalue weighted by molar-refractivity contribution is 0.740. The maximum atomic E-state index is 6.07. The molecule has 0 spiro atoms. The summed E-state index contributed by atoms with van der Waals surface area (Å²) in [6.45, 7) is 7.88. The first-order chi connectivity index (χ1) is 10.5. The molecule has 0 bridgehead atoms. The number of aliphatic imine (C=N–C) groups is 1. The lowest BCUT2D eigenvalue weighted by Gasteiger charge is -2.02. The number of nitrogens with one attached hydrogen (secondary N) is 1. The highest BCUT2D eigenvalue weighted by Crippen LogP contribution is 2.22. The van der Waals surface area contributed by atoms with Gasteiger partial charge in [0.25, 0.3) is 0 Å². The van der Waals surface area contributed by atoms with Gasteiger partial charge in [-0.2, -0.15) is 10.2 Å². The fourth-order valence-corrected chi connectivity index (χ4v) is 2.24. The maximum Gasteiger partial charge on any atom is 0.155 e. The maximum absolute atomic E-state index is 6.07. The zero-order valence-electron chi connectivity index (χ0n) is 12.8. The van der Waals surface area contributed by atoms with Gasteiger partial charge in [-0.15, -0.1) is 0 Å². The van der Waals surface area contributed by atoms with Crippen molar-refractivity contribution in [2.45, 2.75) is 13.8 Å². The molecule has 3 N–H and O–H groups in total. The molecule has 0 radical (unpaired) electrons. The van der Waals surface area contributed by atoms with Gasteiger partial charge in [0.15, 0.2) is 5.65 Å². The van der Waals surface area contributed by atoms with Gasteiger partial charge in [-0.3, -0.25) is 9.78 Å². The van der Waals surface area contributed by atoms with E-state index in [1.165, 1.54) is 0 Å². The highest BCUT2D eigenvalue weighted by atomic mass is 15.3. The molecule has 0 atom stereocenters. The van der Waals surface area contributed by atoms with Gasteiger partial charge in [0.05, 0.1) is 17.5 Å². The van der Waals surface area contributed by atoms with Crippen molar-refractivity contribution >= 4 is 22.6 Å². The Bertz CT molecular complexity index is 898. The molecule has 0 aliphatic heterocycles. The van der Waals surface area contributed by atoms with E-state index in [0.717, 1.165) is 22.2 Å². The lowest BCUT2D eigenvalue weighted by atomic mass is 10.2. The normalized spacial score (nSPS) is 12.0. The Balaban J connectivity index is 2.01. The van der Waals surface area contributed by atoms with Crippen LogP contribution in [0.4, 0.5) is 0 Å². The minimum absolute atomic E-state index is 0.368. The number of pyridine rings is 1. The molecule has 7 heteroatoms. The summed E-state index contributed by atoms with van der Waals surface area (Å²) in [5.41, 5.74) is 10.7. The molecule has 0 saturated heterocycles. The Hall–Kier alpha value is -2.96. The van der Waals surface area contributed by atoms with Crippen LogP contribution >= 0.6 is 0 Å². The van der Waals surface area contributed by atoms with E-state index in [9.17, 15) is 0 Å². The number of hydrogen-bond donors (Lipinski definition) is 2. The molecule has 0 aromatic carbocycles. The molecule has 0 amide bonds. The van der Waals surface area contributed by atoms with E-state index in [4.69, 9.17) is 5.73 Å². The molecule has 0 aliphatic carbocycles. The van der Waals surface area contributed by atoms with Gasteiger partial charge in [0.2, 0.25) is 0 Å². The van der Waals surface area contributed by atoms with Crippen LogP contribution in [0.2, 0.25) is 0 Å². The summed E-state index contributed by atoms with van der Waals surface area (Å²) in [6, 6.07) is 1.99. The zero-order chi connectivity index (χ0) is 15.9. The number of aromatic amines is 1. The zero-order valence-corrected chi connectivity index (χ0v) is 12.8. The summed E-state index contributed by atoms with van der Waals surface area (Å²) >= 11 is 0. The molecule has 112 valence electrons. The van der Waals surface area contributed by atoms with E-state index in [1.807, 2.05) is 27.0 Å². The minimum atomic E-state index is 0.368. The van der Waals surface area contributed by atoms with Gasteiger partial charge in [-0.05, 0) is 25.5 Å². The summed E-state index contributed by atoms with van der Waals surface area (Å²) in [4.78, 5) is 8.67. The predicted octanol–water partition coefficient (Wildman–Crippen LogP) is 1.68. The summed E-state index contributed by atoms with van der Waals surface area (Å²) in [5.74, 6) is 0.368. The number of nitrogens with zero attached hydrogens (tertiary/aromatic N) is 5. The predicted molar refractivity (Wildman–Crippen MR) is 86.3 cm³/mol. The van der Waals surface area contributed by atoms with Crippen molar-refractivity contribution in [2.75, 3.05) is 0 Å². The number of aryl methyl sites for hydroxylation is 2. The van der Waals surface area contributed by atoms with Crippen molar-refractivity contribution in [1.82, 2.24) is 25.0 Å². The van der Waals surface area contributed by atoms with Crippen LogP contribution in [0.1, 0.15) is 22.5 Å². The first-order valence-electron chi connectivity index (χ1n) is 6.80. The number of aromatic nitrogens is 5. The molecule has 3 rings (SSSR count). The number of amidine groups is 1. The summed E-state index contributed by atoms with van der Waals surface area (Å²) in [7, 11) is 1.86. The van der Waals surface area contributed by atoms with E-state index in [2.05, 4.69) is 31.9 Å². The van der Waals surface area contributed by atoms with Crippen LogP contribution in [0.5, 0.6) is 0 Å². The van der Waals surface area contributed by atoms with Crippen LogP contribution in [0.25, 0.3) is 16.7 Å². The van der Waals surface area contributed by atoms with Crippen molar-refractivity contribution in [3.05, 3.63) is 47.6 Å². The van der Waals surface area contributed by atoms with Crippen LogP contribution < -0.4 is 5.73 Å². The van der Waals surface area contributed by atoms with Gasteiger partial charge in [0, 0.05) is 24.3 Å². The molecule has 3 heterocycles. The average molecular weight is 295 g/mol. The average Bonchev–Trinajstić information content (AvgIpc) is 3.03. The number of nitrogens with two attached hydrogens (primary N) is 1. The molecule has 3 aromatic rings. The van der Waals surface area contributed by atoms with Crippen molar-refractivity contribution in [3.63, 3.8) is 0 Å². The minimum Gasteiger partial charge on any atom is -0.383 e. The van der Waals surface area contributed by atoms with E-state index in [-0.39, 0.29) is 0 Å². The van der Waals surface area contributed by atoms with Gasteiger partial charge in [-0.1, -0.05) is 6.58 Å². The van der Waals surface area contributed by atoms with Crippen LogP contribution in [0, 0.1) is 13.8 Å². The molecule has 0 saturated carbocycles. The molecular formula is C15H17N7. The molecule has 0 fully saturated rings. The first kappa shape index (κ1) is 14.0. The number of hydrogen-bond acceptors (Lipinski definition) is 4. The van der Waals surface area contributed by atoms with E-state index in [1.54, 1.807) is 17.1 Å². The lowest BCUT2D eigenvalue weighted by Crippen LogP contribution is -2.14. The third-order valence-corrected chi connectivity index (χ3v) is 3.59. The second kappa shape index (κ2) is 5.10. The van der Waals surface area contributed by atoms with E-state index in [0.29, 0.717) is 22.9 Å². The summed E-state index contributed by atoms with van der Waals surface area (Å²) in [6.07, 6.45) is 3.47. The number of rotatable bonds is 3. The Morgan fingerprint density at radius 3 is 2.82 bits per heavy atom. The number of fused-ring (bicyclic) bond motifs is 1. The van der Waals surface area contributed by atoms with Crippen LogP contribution in [-0.4, -0.2) is 30.8 Å². The summed E-state index contributed by atoms with van der Waals surface area (Å²) < 4.78 is 1.75. The van der Waals surface area contributed by atoms with Crippen LogP contribution in [0.15, 0.2) is 30.0 Å². The highest BCUT2D eigenvalue weighted by Gasteiger charge is 2.12. The van der Waals surface area contributed by atoms with Gasteiger partial charge < -0.3 is 5.73 Å². The Morgan fingerprint density at radius 1 is 1.36 bits per heavy atom. The molecule has 0 unspecified atom stereocenters. The van der Waals surface area contributed by atoms with E-state index >= 15 is 0 Å². The second-order valence-electron chi connectivity index (χ2n) is 5.19. The number of H-pyrrole nitrogens is 1. The fraction of sp³-hybridized carbons (Fsp3) is 0.200. The molecule has 0 aliphatic rings. The Labute approximate surface area is 127 Å². The SMILES string of the molecule is C=C(/N=C(/N)c1cnn(C)c1C)c1n[nH]c2ncc(C)cc12. The second-order valence-corrected chi connectivity index (χ2v) is 5.19. The largest absolute Gasteiger partial charge is 0.383 e. The van der Waals surface area contributed by atoms with Crippen LogP contribution in [0.3, 0.4) is 0 Å². The molecule has 7 nitrogen and oxygen atoms in total. The van der Waals surface area contributed by atoms with Gasteiger partial charge in [-0.25, -0.2) is 9.98 Å². The molecule has 22 heavy (non-hydrogen) atoms. The molecular weight excluding hydrogens is 278 g/mol. The summed E-state index contributed by atoms with van der Waals surface area (Å²) in [5, 5.41) is 12.2. The van der Waals surface area contributed by atoms with Gasteiger partial charge >= 0.3 is 0 Å². The third kappa shape index (κ3) is 2.26. The van der Waals surface area contributed by atoms with E-state index < -0.39 is 0 Å². The Kier molecular flexibility index (Phi) is 3.25. The quantitative estimate of drug-likeness (QED) is 0.567. The molecule has 3 aromatic heterocycles. The fourth-order valence-electron chi connectivity index (χ4n) is 2.24. The monoisotopic (exact) mass is 295 g/mol. The Morgan fingerprint density at radius 2 is 2.14 bits per heavy atom. The standard InChI is InChI=1S/C15H17N7/c1-8-5-11-13(20-21-15(11)17-6-8)9(2)19-14(16)12-7-18-22(4)10(12)3/h5-7H,2H2,1,3-4H3,(H2,16,19)(H,17,20,21). The van der Waals surface area contributed by atoms with Crippen molar-refractivity contribution < 1.29 is 0 Å².